The van der Waals surface area contributed by atoms with E-state index in [1.165, 1.54) is 10.9 Å². The van der Waals surface area contributed by atoms with Gasteiger partial charge in [-0.15, -0.1) is 0 Å². The van der Waals surface area contributed by atoms with Crippen molar-refractivity contribution in [3.05, 3.63) is 18.0 Å². The molecule has 6 heteroatoms. The number of nitrogens with zero attached hydrogens (tertiary/aromatic N) is 2. The van der Waals surface area contributed by atoms with Crippen molar-refractivity contribution in [2.45, 2.75) is 38.6 Å². The number of hydrogen-bond acceptors (Lipinski definition) is 2. The topological polar surface area (TPSA) is 38.0 Å². The molecule has 1 heterocycles. The smallest absolute Gasteiger partial charge is 0.379 e. The lowest BCUT2D eigenvalue weighted by atomic mass is 10.1. The molecule has 0 aliphatic carbocycles. The summed E-state index contributed by atoms with van der Waals surface area (Å²) in [4.78, 5) is 0. The van der Waals surface area contributed by atoms with E-state index in [0.717, 1.165) is 6.20 Å². The molecule has 1 aromatic rings. The van der Waals surface area contributed by atoms with Crippen LogP contribution in [0.25, 0.3) is 0 Å². The largest absolute Gasteiger partial charge is 0.418 e. The van der Waals surface area contributed by atoms with Crippen molar-refractivity contribution in [2.75, 3.05) is 0 Å². The van der Waals surface area contributed by atoms with Crippen LogP contribution in [0, 0.1) is 0 Å². The van der Waals surface area contributed by atoms with Crippen LogP contribution < -0.4 is 0 Å². The quantitative estimate of drug-likeness (QED) is 0.791. The molecular weight excluding hydrogens is 209 g/mol. The molecule has 0 fully saturated rings. The lowest BCUT2D eigenvalue weighted by molar-refractivity contribution is -0.206. The summed E-state index contributed by atoms with van der Waals surface area (Å²) < 4.78 is 37.8. The standard InChI is InChI=1S/C9H13F3N2O/c1-8(2,3)14-5-6(4-13-14)7(15)9(10,11)12/h4-5,7,15H,1-3H3/t7-/m0/s1. The van der Waals surface area contributed by atoms with Crippen molar-refractivity contribution in [3.63, 3.8) is 0 Å². The zero-order chi connectivity index (χ0) is 11.9. The summed E-state index contributed by atoms with van der Waals surface area (Å²) in [6.07, 6.45) is -4.87. The number of aliphatic hydroxyl groups excluding tert-OH is 1. The minimum absolute atomic E-state index is 0.238. The van der Waals surface area contributed by atoms with Gasteiger partial charge in [0, 0.05) is 11.8 Å². The highest BCUT2D eigenvalue weighted by Gasteiger charge is 2.40. The number of hydrogen-bond donors (Lipinski definition) is 1. The number of rotatable bonds is 1. The molecule has 0 saturated heterocycles. The zero-order valence-corrected chi connectivity index (χ0v) is 8.71. The second-order valence-corrected chi connectivity index (χ2v) is 4.33. The maximum absolute atomic E-state index is 12.2. The first kappa shape index (κ1) is 12.0. The van der Waals surface area contributed by atoms with Gasteiger partial charge in [0.05, 0.1) is 11.7 Å². The molecule has 1 N–H and O–H groups in total. The Hall–Kier alpha value is -1.04. The summed E-state index contributed by atoms with van der Waals surface area (Å²) in [6, 6.07) is 0. The summed E-state index contributed by atoms with van der Waals surface area (Å²) in [7, 11) is 0. The molecule has 1 atom stereocenters. The SMILES string of the molecule is CC(C)(C)n1cc([C@H](O)C(F)(F)F)cn1. The monoisotopic (exact) mass is 222 g/mol. The molecule has 0 saturated carbocycles. The highest BCUT2D eigenvalue weighted by Crippen LogP contribution is 2.32. The summed E-state index contributed by atoms with van der Waals surface area (Å²) in [5.41, 5.74) is -0.638. The van der Waals surface area contributed by atoms with Crippen LogP contribution in [0.2, 0.25) is 0 Å². The van der Waals surface area contributed by atoms with Crippen molar-refractivity contribution in [3.8, 4) is 0 Å². The summed E-state index contributed by atoms with van der Waals surface area (Å²) >= 11 is 0. The highest BCUT2D eigenvalue weighted by atomic mass is 19.4. The summed E-state index contributed by atoms with van der Waals surface area (Å²) in [5.74, 6) is 0. The number of halogens is 3. The Morgan fingerprint density at radius 1 is 1.33 bits per heavy atom. The van der Waals surface area contributed by atoms with Gasteiger partial charge in [-0.25, -0.2) is 0 Å². The fourth-order valence-electron chi connectivity index (χ4n) is 1.03. The third-order valence-corrected chi connectivity index (χ3v) is 1.92. The Bertz CT molecular complexity index is 338. The normalized spacial score (nSPS) is 15.4. The van der Waals surface area contributed by atoms with Gasteiger partial charge >= 0.3 is 6.18 Å². The van der Waals surface area contributed by atoms with Crippen molar-refractivity contribution in [1.82, 2.24) is 9.78 Å². The molecule has 0 radical (unpaired) electrons. The third kappa shape index (κ3) is 2.71. The Morgan fingerprint density at radius 3 is 2.20 bits per heavy atom. The fourth-order valence-corrected chi connectivity index (χ4v) is 1.03. The molecular formula is C9H13F3N2O. The molecule has 1 rings (SSSR count). The van der Waals surface area contributed by atoms with Gasteiger partial charge in [-0.2, -0.15) is 18.3 Å². The summed E-state index contributed by atoms with van der Waals surface area (Å²) in [5, 5.41) is 12.7. The molecule has 0 unspecified atom stereocenters. The third-order valence-electron chi connectivity index (χ3n) is 1.92. The van der Waals surface area contributed by atoms with Gasteiger partial charge in [0.1, 0.15) is 0 Å². The molecule has 0 amide bonds. The molecule has 1 aromatic heterocycles. The second-order valence-electron chi connectivity index (χ2n) is 4.33. The Morgan fingerprint density at radius 2 is 1.87 bits per heavy atom. The maximum Gasteiger partial charge on any atom is 0.418 e. The average Bonchev–Trinajstić information content (AvgIpc) is 2.47. The van der Waals surface area contributed by atoms with E-state index in [1.807, 2.05) is 20.8 Å². The van der Waals surface area contributed by atoms with Crippen molar-refractivity contribution < 1.29 is 18.3 Å². The van der Waals surface area contributed by atoms with E-state index in [2.05, 4.69) is 5.10 Å². The minimum Gasteiger partial charge on any atom is -0.379 e. The van der Waals surface area contributed by atoms with Crippen LogP contribution in [-0.2, 0) is 5.54 Å². The lowest BCUT2D eigenvalue weighted by Gasteiger charge is -2.19. The van der Waals surface area contributed by atoms with Crippen LogP contribution in [-0.4, -0.2) is 21.1 Å². The van der Waals surface area contributed by atoms with E-state index in [-0.39, 0.29) is 5.56 Å². The molecule has 0 aliphatic heterocycles. The van der Waals surface area contributed by atoms with Crippen molar-refractivity contribution in [1.29, 1.82) is 0 Å². The maximum atomic E-state index is 12.2. The van der Waals surface area contributed by atoms with E-state index in [4.69, 9.17) is 5.11 Å². The van der Waals surface area contributed by atoms with Crippen LogP contribution in [0.3, 0.4) is 0 Å². The first-order valence-electron chi connectivity index (χ1n) is 4.42. The highest BCUT2D eigenvalue weighted by molar-refractivity contribution is 5.10. The molecule has 0 bridgehead atoms. The zero-order valence-electron chi connectivity index (χ0n) is 8.71. The second kappa shape index (κ2) is 3.52. The molecule has 0 aromatic carbocycles. The van der Waals surface area contributed by atoms with E-state index < -0.39 is 17.8 Å². The Balaban J connectivity index is 2.95. The van der Waals surface area contributed by atoms with Crippen LogP contribution in [0.15, 0.2) is 12.4 Å². The molecule has 86 valence electrons. The molecule has 0 aliphatic rings. The van der Waals surface area contributed by atoms with Crippen LogP contribution >= 0.6 is 0 Å². The van der Waals surface area contributed by atoms with E-state index in [0.29, 0.717) is 0 Å². The van der Waals surface area contributed by atoms with E-state index in [9.17, 15) is 13.2 Å². The number of alkyl halides is 3. The fraction of sp³-hybridized carbons (Fsp3) is 0.667. The van der Waals surface area contributed by atoms with E-state index in [1.54, 1.807) is 0 Å². The summed E-state index contributed by atoms with van der Waals surface area (Å²) in [6.45, 7) is 5.43. The van der Waals surface area contributed by atoms with Gasteiger partial charge < -0.3 is 5.11 Å². The number of aliphatic hydroxyl groups is 1. The average molecular weight is 222 g/mol. The molecule has 3 nitrogen and oxygen atoms in total. The number of aromatic nitrogens is 2. The predicted octanol–water partition coefficient (Wildman–Crippen LogP) is 2.23. The van der Waals surface area contributed by atoms with Crippen LogP contribution in [0.1, 0.15) is 32.4 Å². The molecule has 15 heavy (non-hydrogen) atoms. The molecule has 0 spiro atoms. The lowest BCUT2D eigenvalue weighted by Crippen LogP contribution is -2.23. The Kier molecular flexibility index (Phi) is 2.82. The van der Waals surface area contributed by atoms with Crippen LogP contribution in [0.5, 0.6) is 0 Å². The van der Waals surface area contributed by atoms with Gasteiger partial charge in [0.25, 0.3) is 0 Å². The van der Waals surface area contributed by atoms with E-state index >= 15 is 0 Å². The van der Waals surface area contributed by atoms with Crippen molar-refractivity contribution >= 4 is 0 Å². The Labute approximate surface area is 85.5 Å². The first-order valence-corrected chi connectivity index (χ1v) is 4.42. The first-order chi connectivity index (χ1) is 6.62. The van der Waals surface area contributed by atoms with Crippen LogP contribution in [0.4, 0.5) is 13.2 Å². The van der Waals surface area contributed by atoms with Gasteiger partial charge in [-0.3, -0.25) is 4.68 Å². The van der Waals surface area contributed by atoms with Crippen molar-refractivity contribution in [2.24, 2.45) is 0 Å². The van der Waals surface area contributed by atoms with Gasteiger partial charge in [0.15, 0.2) is 6.10 Å². The van der Waals surface area contributed by atoms with Gasteiger partial charge in [-0.1, -0.05) is 0 Å². The van der Waals surface area contributed by atoms with Gasteiger partial charge in [0.2, 0.25) is 0 Å². The van der Waals surface area contributed by atoms with Gasteiger partial charge in [-0.05, 0) is 20.8 Å². The minimum atomic E-state index is -4.65. The predicted molar refractivity (Wildman–Crippen MR) is 48.2 cm³/mol.